The summed E-state index contributed by atoms with van der Waals surface area (Å²) in [6, 6.07) is -3.69. The van der Waals surface area contributed by atoms with Crippen LogP contribution in [0.5, 0.6) is 0 Å². The third-order valence-corrected chi connectivity index (χ3v) is 6.06. The molecule has 34 heavy (non-hydrogen) atoms. The van der Waals surface area contributed by atoms with Gasteiger partial charge < -0.3 is 36.0 Å². The van der Waals surface area contributed by atoms with Crippen LogP contribution in [0.3, 0.4) is 0 Å². The number of rotatable bonds is 11. The van der Waals surface area contributed by atoms with Gasteiger partial charge in [-0.05, 0) is 38.6 Å². The smallest absolute Gasteiger partial charge is 0.326 e. The van der Waals surface area contributed by atoms with E-state index in [2.05, 4.69) is 25.9 Å². The molecule has 0 radical (unpaired) electrons. The van der Waals surface area contributed by atoms with E-state index in [9.17, 15) is 29.1 Å². The third-order valence-electron chi connectivity index (χ3n) is 6.06. The van der Waals surface area contributed by atoms with Gasteiger partial charge in [0, 0.05) is 25.6 Å². The first kappa shape index (κ1) is 25.1. The van der Waals surface area contributed by atoms with E-state index in [1.54, 1.807) is 0 Å². The molecule has 0 aliphatic carbocycles. The van der Waals surface area contributed by atoms with Crippen molar-refractivity contribution in [3.63, 3.8) is 0 Å². The maximum Gasteiger partial charge on any atom is 0.326 e. The van der Waals surface area contributed by atoms with E-state index in [-0.39, 0.29) is 31.7 Å². The van der Waals surface area contributed by atoms with Crippen LogP contribution >= 0.6 is 0 Å². The number of nitrogens with zero attached hydrogens (tertiary/aromatic N) is 2. The summed E-state index contributed by atoms with van der Waals surface area (Å²) in [7, 11) is 0. The maximum absolute atomic E-state index is 13.3. The van der Waals surface area contributed by atoms with Crippen molar-refractivity contribution in [2.75, 3.05) is 13.1 Å². The summed E-state index contributed by atoms with van der Waals surface area (Å²) in [4.78, 5) is 69.5. The topological polar surface area (TPSA) is 194 Å². The van der Waals surface area contributed by atoms with Gasteiger partial charge in [-0.25, -0.2) is 9.78 Å². The minimum absolute atomic E-state index is 0.0308. The molecular weight excluding hydrogens is 448 g/mol. The highest BCUT2D eigenvalue weighted by Crippen LogP contribution is 2.20. The van der Waals surface area contributed by atoms with E-state index in [0.29, 0.717) is 31.5 Å². The van der Waals surface area contributed by atoms with E-state index in [1.165, 1.54) is 17.4 Å². The summed E-state index contributed by atoms with van der Waals surface area (Å²) in [5.41, 5.74) is 0.462. The Morgan fingerprint density at radius 1 is 1.09 bits per heavy atom. The second-order valence-corrected chi connectivity index (χ2v) is 8.50. The lowest BCUT2D eigenvalue weighted by Crippen LogP contribution is -2.57. The van der Waals surface area contributed by atoms with Crippen molar-refractivity contribution in [3.05, 3.63) is 18.2 Å². The molecule has 186 valence electrons. The first-order valence-corrected chi connectivity index (χ1v) is 11.3. The van der Waals surface area contributed by atoms with Gasteiger partial charge in [-0.15, -0.1) is 0 Å². The molecular formula is C21H30N6O7. The van der Waals surface area contributed by atoms with Crippen molar-refractivity contribution < 1.29 is 34.2 Å². The molecule has 13 nitrogen and oxygen atoms in total. The van der Waals surface area contributed by atoms with Crippen molar-refractivity contribution >= 4 is 29.7 Å². The molecule has 2 saturated heterocycles. The summed E-state index contributed by atoms with van der Waals surface area (Å²) >= 11 is 0. The van der Waals surface area contributed by atoms with Crippen molar-refractivity contribution in [2.24, 2.45) is 0 Å². The zero-order valence-corrected chi connectivity index (χ0v) is 18.7. The second kappa shape index (κ2) is 11.6. The summed E-state index contributed by atoms with van der Waals surface area (Å²) in [6.07, 6.45) is 4.75. The molecule has 3 rings (SSSR count). The van der Waals surface area contributed by atoms with Crippen LogP contribution in [0.1, 0.15) is 44.2 Å². The largest absolute Gasteiger partial charge is 0.481 e. The zero-order valence-electron chi connectivity index (χ0n) is 18.7. The standard InChI is InChI=1S/C21H30N6O7/c28-17(29)6-5-14(25-18(30)13-3-1-7-23-13)20(32)27-8-2-4-16(27)19(31)26-15(21(33)34)9-12-10-22-11-24-12/h10-11,13-16,23H,1-9H2,(H,22,24)(H,25,30)(H,26,31)(H,28,29)(H,33,34)/t13-,14-,15-,16-/m0/s1. The number of amides is 3. The van der Waals surface area contributed by atoms with Gasteiger partial charge in [0.2, 0.25) is 17.7 Å². The van der Waals surface area contributed by atoms with E-state index < -0.39 is 47.9 Å². The molecule has 0 unspecified atom stereocenters. The van der Waals surface area contributed by atoms with E-state index in [0.717, 1.165) is 6.42 Å². The van der Waals surface area contributed by atoms with E-state index in [4.69, 9.17) is 5.11 Å². The monoisotopic (exact) mass is 478 g/mol. The molecule has 0 bridgehead atoms. The maximum atomic E-state index is 13.3. The predicted molar refractivity (Wildman–Crippen MR) is 116 cm³/mol. The predicted octanol–water partition coefficient (Wildman–Crippen LogP) is -1.39. The number of carbonyl (C=O) groups excluding carboxylic acids is 3. The van der Waals surface area contributed by atoms with Gasteiger partial charge >= 0.3 is 11.9 Å². The molecule has 2 aliphatic heterocycles. The number of carbonyl (C=O) groups is 5. The number of carboxylic acid groups (broad SMARTS) is 2. The quantitative estimate of drug-likeness (QED) is 0.222. The van der Waals surface area contributed by atoms with Gasteiger partial charge in [-0.2, -0.15) is 0 Å². The van der Waals surface area contributed by atoms with Crippen molar-refractivity contribution in [2.45, 2.75) is 69.1 Å². The van der Waals surface area contributed by atoms with Crippen molar-refractivity contribution in [3.8, 4) is 0 Å². The van der Waals surface area contributed by atoms with Gasteiger partial charge in [0.05, 0.1) is 18.1 Å². The molecule has 3 amide bonds. The first-order valence-electron chi connectivity index (χ1n) is 11.3. The lowest BCUT2D eigenvalue weighted by atomic mass is 10.1. The fraction of sp³-hybridized carbons (Fsp3) is 0.619. The van der Waals surface area contributed by atoms with Crippen LogP contribution in [0.4, 0.5) is 0 Å². The molecule has 1 aromatic rings. The van der Waals surface area contributed by atoms with Gasteiger partial charge in [0.25, 0.3) is 0 Å². The molecule has 6 N–H and O–H groups in total. The highest BCUT2D eigenvalue weighted by atomic mass is 16.4. The number of hydrogen-bond donors (Lipinski definition) is 6. The average molecular weight is 479 g/mol. The number of carboxylic acids is 2. The highest BCUT2D eigenvalue weighted by molar-refractivity contribution is 5.94. The Labute approximate surface area is 195 Å². The minimum Gasteiger partial charge on any atom is -0.481 e. The van der Waals surface area contributed by atoms with Crippen LogP contribution in [-0.4, -0.2) is 92.0 Å². The Kier molecular flexibility index (Phi) is 8.57. The summed E-state index contributed by atoms with van der Waals surface area (Å²) < 4.78 is 0. The van der Waals surface area contributed by atoms with Gasteiger partial charge in [-0.3, -0.25) is 19.2 Å². The van der Waals surface area contributed by atoms with Crippen molar-refractivity contribution in [1.29, 1.82) is 0 Å². The lowest BCUT2D eigenvalue weighted by Gasteiger charge is -2.29. The Balaban J connectivity index is 1.68. The molecule has 2 aliphatic rings. The summed E-state index contributed by atoms with van der Waals surface area (Å²) in [6.45, 7) is 0.929. The summed E-state index contributed by atoms with van der Waals surface area (Å²) in [5.74, 6) is -3.89. The fourth-order valence-corrected chi connectivity index (χ4v) is 4.29. The Morgan fingerprint density at radius 2 is 1.85 bits per heavy atom. The Morgan fingerprint density at radius 3 is 2.47 bits per heavy atom. The summed E-state index contributed by atoms with van der Waals surface area (Å²) in [5, 5.41) is 26.7. The SMILES string of the molecule is O=C(O)CC[C@H](NC(=O)[C@@H]1CCCN1)C(=O)N1CCC[C@H]1C(=O)N[C@@H](Cc1c[nH]cn1)C(=O)O. The van der Waals surface area contributed by atoms with E-state index in [1.807, 2.05) is 0 Å². The number of H-pyrrole nitrogens is 1. The number of aliphatic carboxylic acids is 2. The number of nitrogens with one attached hydrogen (secondary N) is 4. The third kappa shape index (κ3) is 6.53. The van der Waals surface area contributed by atoms with Gasteiger partial charge in [0.1, 0.15) is 18.1 Å². The average Bonchev–Trinajstić information content (AvgIpc) is 3.57. The van der Waals surface area contributed by atoms with Crippen LogP contribution in [-0.2, 0) is 30.4 Å². The number of likely N-dealkylation sites (tertiary alicyclic amines) is 1. The van der Waals surface area contributed by atoms with Crippen LogP contribution in [0.2, 0.25) is 0 Å². The zero-order chi connectivity index (χ0) is 24.7. The number of aromatic nitrogens is 2. The molecule has 4 atom stereocenters. The normalized spacial score (nSPS) is 21.6. The van der Waals surface area contributed by atoms with Crippen molar-refractivity contribution in [1.82, 2.24) is 30.8 Å². The number of aromatic amines is 1. The number of imidazole rings is 1. The molecule has 1 aromatic heterocycles. The molecule has 3 heterocycles. The molecule has 0 aromatic carbocycles. The molecule has 0 saturated carbocycles. The van der Waals surface area contributed by atoms with Crippen LogP contribution in [0, 0.1) is 0 Å². The van der Waals surface area contributed by atoms with Crippen LogP contribution < -0.4 is 16.0 Å². The Hall–Kier alpha value is -3.48. The van der Waals surface area contributed by atoms with Gasteiger partial charge in [0.15, 0.2) is 0 Å². The molecule has 13 heteroatoms. The highest BCUT2D eigenvalue weighted by Gasteiger charge is 2.39. The molecule has 0 spiro atoms. The second-order valence-electron chi connectivity index (χ2n) is 8.50. The number of hydrogen-bond acceptors (Lipinski definition) is 7. The van der Waals surface area contributed by atoms with Gasteiger partial charge in [-0.1, -0.05) is 0 Å². The fourth-order valence-electron chi connectivity index (χ4n) is 4.29. The molecule has 2 fully saturated rings. The van der Waals surface area contributed by atoms with Crippen LogP contribution in [0.25, 0.3) is 0 Å². The van der Waals surface area contributed by atoms with Crippen LogP contribution in [0.15, 0.2) is 12.5 Å². The van der Waals surface area contributed by atoms with E-state index >= 15 is 0 Å². The lowest BCUT2D eigenvalue weighted by molar-refractivity contribution is -0.145. The minimum atomic E-state index is -1.23. The Bertz CT molecular complexity index is 899. The first-order chi connectivity index (χ1) is 16.3.